The molecule has 6 nitrogen and oxygen atoms in total. The predicted molar refractivity (Wildman–Crippen MR) is 94.0 cm³/mol. The highest BCUT2D eigenvalue weighted by molar-refractivity contribution is 6.06. The van der Waals surface area contributed by atoms with Crippen molar-refractivity contribution < 1.29 is 9.84 Å². The molecule has 3 N–H and O–H groups in total. The van der Waals surface area contributed by atoms with E-state index in [0.29, 0.717) is 30.1 Å². The van der Waals surface area contributed by atoms with Crippen LogP contribution in [0.5, 0.6) is 5.75 Å². The van der Waals surface area contributed by atoms with Crippen molar-refractivity contribution >= 4 is 40.2 Å². The number of pyridine rings is 1. The van der Waals surface area contributed by atoms with Crippen molar-refractivity contribution in [1.29, 1.82) is 0 Å². The van der Waals surface area contributed by atoms with Crippen LogP contribution in [0.1, 0.15) is 26.1 Å². The third-order valence-corrected chi connectivity index (χ3v) is 3.65. The maximum atomic E-state index is 9.66. The molecule has 0 aliphatic heterocycles. The number of halogens is 1. The summed E-state index contributed by atoms with van der Waals surface area (Å²) < 4.78 is 7.66. The van der Waals surface area contributed by atoms with Gasteiger partial charge in [-0.3, -0.25) is 0 Å². The number of nitrogens with two attached hydrogens (primary N) is 1. The van der Waals surface area contributed by atoms with E-state index >= 15 is 0 Å². The van der Waals surface area contributed by atoms with Crippen LogP contribution in [0.2, 0.25) is 0 Å². The molecule has 0 spiro atoms. The fourth-order valence-corrected chi connectivity index (χ4v) is 2.71. The summed E-state index contributed by atoms with van der Waals surface area (Å²) in [5, 5.41) is 10.6. The van der Waals surface area contributed by atoms with Crippen molar-refractivity contribution in [3.05, 3.63) is 24.0 Å². The Morgan fingerprint density at radius 3 is 2.74 bits per heavy atom. The van der Waals surface area contributed by atoms with Crippen molar-refractivity contribution in [2.45, 2.75) is 33.4 Å². The molecule has 0 bridgehead atoms. The Labute approximate surface area is 140 Å². The minimum Gasteiger partial charge on any atom is -0.508 e. The zero-order chi connectivity index (χ0) is 15.7. The number of hydrogen-bond donors (Lipinski definition) is 2. The second-order valence-electron chi connectivity index (χ2n) is 5.21. The normalized spacial score (nSPS) is 11.0. The molecule has 7 heteroatoms. The number of anilines is 1. The largest absolute Gasteiger partial charge is 0.508 e. The predicted octanol–water partition coefficient (Wildman–Crippen LogP) is 3.24. The Morgan fingerprint density at radius 1 is 1.26 bits per heavy atom. The monoisotopic (exact) mass is 336 g/mol. The van der Waals surface area contributed by atoms with Gasteiger partial charge < -0.3 is 20.1 Å². The lowest BCUT2D eigenvalue weighted by Gasteiger charge is -2.09. The number of rotatable bonds is 5. The van der Waals surface area contributed by atoms with Gasteiger partial charge >= 0.3 is 0 Å². The highest BCUT2D eigenvalue weighted by Crippen LogP contribution is 2.31. The maximum Gasteiger partial charge on any atom is 0.152 e. The van der Waals surface area contributed by atoms with Crippen LogP contribution in [-0.2, 0) is 17.9 Å². The zero-order valence-electron chi connectivity index (χ0n) is 13.2. The van der Waals surface area contributed by atoms with Crippen LogP contribution in [-0.4, -0.2) is 26.2 Å². The van der Waals surface area contributed by atoms with Crippen LogP contribution in [0.4, 0.5) is 5.82 Å². The average molecular weight is 337 g/mol. The molecule has 124 valence electrons. The van der Waals surface area contributed by atoms with E-state index < -0.39 is 0 Å². The number of phenols is 1. The lowest BCUT2D eigenvalue weighted by molar-refractivity contribution is 0.126. The molecule has 2 aromatic heterocycles. The zero-order valence-corrected chi connectivity index (χ0v) is 14.1. The highest BCUT2D eigenvalue weighted by atomic mass is 35.5. The topological polar surface area (TPSA) is 86.2 Å². The van der Waals surface area contributed by atoms with Crippen molar-refractivity contribution in [1.82, 2.24) is 14.5 Å². The molecule has 3 aromatic rings. The number of hydrogen-bond acceptors (Lipinski definition) is 5. The van der Waals surface area contributed by atoms with Crippen LogP contribution in [0.25, 0.3) is 21.9 Å². The third kappa shape index (κ3) is 3.04. The molecule has 23 heavy (non-hydrogen) atoms. The fourth-order valence-electron chi connectivity index (χ4n) is 2.71. The van der Waals surface area contributed by atoms with Gasteiger partial charge in [-0.2, -0.15) is 0 Å². The van der Waals surface area contributed by atoms with Gasteiger partial charge in [0.1, 0.15) is 23.7 Å². The van der Waals surface area contributed by atoms with Gasteiger partial charge in [-0.1, -0.05) is 6.92 Å². The molecule has 0 fully saturated rings. The van der Waals surface area contributed by atoms with Gasteiger partial charge in [0.05, 0.1) is 11.0 Å². The standard InChI is InChI=1S/C16H20N4O2.ClH/c1-3-7-20-13(9-22-4-2)19-14-15(20)11-6-5-10(21)8-12(11)18-16(14)17;/h5-6,8,21H,3-4,7,9H2,1-2H3,(H2,17,18);1H. The Hall–Kier alpha value is -2.05. The maximum absolute atomic E-state index is 9.66. The highest BCUT2D eigenvalue weighted by Gasteiger charge is 2.17. The molecule has 0 amide bonds. The molecule has 2 heterocycles. The first-order valence-corrected chi connectivity index (χ1v) is 7.50. The number of benzene rings is 1. The van der Waals surface area contributed by atoms with E-state index in [1.165, 1.54) is 0 Å². The summed E-state index contributed by atoms with van der Waals surface area (Å²) in [6.45, 7) is 6.00. The minimum atomic E-state index is 0. The van der Waals surface area contributed by atoms with Crippen LogP contribution >= 0.6 is 12.4 Å². The molecule has 0 unspecified atom stereocenters. The van der Waals surface area contributed by atoms with Crippen LogP contribution in [0, 0.1) is 0 Å². The van der Waals surface area contributed by atoms with Gasteiger partial charge in [-0.25, -0.2) is 9.97 Å². The molecule has 0 radical (unpaired) electrons. The lowest BCUT2D eigenvalue weighted by atomic mass is 10.1. The number of fused-ring (bicyclic) bond motifs is 3. The minimum absolute atomic E-state index is 0. The number of phenolic OH excluding ortho intramolecular Hbond substituents is 1. The van der Waals surface area contributed by atoms with E-state index in [1.54, 1.807) is 12.1 Å². The number of nitrogen functional groups attached to an aromatic ring is 1. The molecule has 1 aromatic carbocycles. The molecule has 0 saturated heterocycles. The van der Waals surface area contributed by atoms with Crippen molar-refractivity contribution in [3.63, 3.8) is 0 Å². The number of aromatic hydroxyl groups is 1. The molecule has 0 aliphatic carbocycles. The summed E-state index contributed by atoms with van der Waals surface area (Å²) in [6, 6.07) is 5.14. The molecule has 0 atom stereocenters. The van der Waals surface area contributed by atoms with E-state index in [-0.39, 0.29) is 18.2 Å². The lowest BCUT2D eigenvalue weighted by Crippen LogP contribution is -2.05. The van der Waals surface area contributed by atoms with E-state index in [0.717, 1.165) is 29.7 Å². The van der Waals surface area contributed by atoms with Crippen LogP contribution in [0.15, 0.2) is 18.2 Å². The number of aryl methyl sites for hydroxylation is 1. The second kappa shape index (κ2) is 7.02. The molecular formula is C16H21ClN4O2. The smallest absolute Gasteiger partial charge is 0.152 e. The summed E-state index contributed by atoms with van der Waals surface area (Å²) in [6.07, 6.45) is 0.979. The quantitative estimate of drug-likeness (QED) is 0.747. The SMILES string of the molecule is CCCn1c(COCC)nc2c(N)nc3cc(O)ccc3c21.Cl. The summed E-state index contributed by atoms with van der Waals surface area (Å²) in [7, 11) is 0. The van der Waals surface area contributed by atoms with Crippen molar-refractivity contribution in [3.8, 4) is 5.75 Å². The molecule has 3 rings (SSSR count). The van der Waals surface area contributed by atoms with Gasteiger partial charge in [0, 0.05) is 24.6 Å². The summed E-state index contributed by atoms with van der Waals surface area (Å²) in [5.74, 6) is 1.41. The first-order valence-electron chi connectivity index (χ1n) is 7.50. The summed E-state index contributed by atoms with van der Waals surface area (Å²) in [4.78, 5) is 8.99. The Bertz CT molecular complexity index is 832. The first kappa shape index (κ1) is 17.3. The molecular weight excluding hydrogens is 316 g/mol. The Kier molecular flexibility index (Phi) is 5.28. The third-order valence-electron chi connectivity index (χ3n) is 3.65. The summed E-state index contributed by atoms with van der Waals surface area (Å²) in [5.41, 5.74) is 8.39. The Morgan fingerprint density at radius 2 is 2.04 bits per heavy atom. The van der Waals surface area contributed by atoms with Gasteiger partial charge in [0.15, 0.2) is 5.82 Å². The fraction of sp³-hybridized carbons (Fsp3) is 0.375. The van der Waals surface area contributed by atoms with Crippen molar-refractivity contribution in [2.24, 2.45) is 0 Å². The van der Waals surface area contributed by atoms with E-state index in [4.69, 9.17) is 10.5 Å². The van der Waals surface area contributed by atoms with Crippen molar-refractivity contribution in [2.75, 3.05) is 12.3 Å². The van der Waals surface area contributed by atoms with Gasteiger partial charge in [0.2, 0.25) is 0 Å². The molecule has 0 saturated carbocycles. The van der Waals surface area contributed by atoms with E-state index in [1.807, 2.05) is 13.0 Å². The summed E-state index contributed by atoms with van der Waals surface area (Å²) >= 11 is 0. The van der Waals surface area contributed by atoms with E-state index in [2.05, 4.69) is 21.5 Å². The molecule has 0 aliphatic rings. The second-order valence-corrected chi connectivity index (χ2v) is 5.21. The van der Waals surface area contributed by atoms with Gasteiger partial charge in [-0.15, -0.1) is 12.4 Å². The van der Waals surface area contributed by atoms with Gasteiger partial charge in [0.25, 0.3) is 0 Å². The van der Waals surface area contributed by atoms with Crippen LogP contribution < -0.4 is 5.73 Å². The van der Waals surface area contributed by atoms with Crippen LogP contribution in [0.3, 0.4) is 0 Å². The number of nitrogens with zero attached hydrogens (tertiary/aromatic N) is 3. The number of imidazole rings is 1. The Balaban J connectivity index is 0.00000192. The van der Waals surface area contributed by atoms with Gasteiger partial charge in [-0.05, 0) is 25.5 Å². The number of ether oxygens (including phenoxy) is 1. The first-order chi connectivity index (χ1) is 10.7. The van der Waals surface area contributed by atoms with E-state index in [9.17, 15) is 5.11 Å². The average Bonchev–Trinajstić information content (AvgIpc) is 2.85. The number of aromatic nitrogens is 3.